The van der Waals surface area contributed by atoms with Crippen LogP contribution in [-0.2, 0) is 9.53 Å². The average Bonchev–Trinajstić information content (AvgIpc) is 2.17. The highest BCUT2D eigenvalue weighted by Crippen LogP contribution is 2.26. The Balaban J connectivity index is 2.08. The summed E-state index contributed by atoms with van der Waals surface area (Å²) in [6, 6.07) is 0. The number of carbonyl (C=O) groups excluding carboxylic acids is 1. The average molecular weight is 210 g/mol. The summed E-state index contributed by atoms with van der Waals surface area (Å²) >= 11 is 0. The maximum atomic E-state index is 11.4. The van der Waals surface area contributed by atoms with Gasteiger partial charge in [0.15, 0.2) is 0 Å². The summed E-state index contributed by atoms with van der Waals surface area (Å²) in [5, 5.41) is 6.78. The zero-order chi connectivity index (χ0) is 10.7. The van der Waals surface area contributed by atoms with Crippen LogP contribution in [0.25, 0.3) is 0 Å². The highest BCUT2D eigenvalue weighted by Gasteiger charge is 2.31. The van der Waals surface area contributed by atoms with Gasteiger partial charge in [-0.25, -0.2) is 4.79 Å². The van der Waals surface area contributed by atoms with Gasteiger partial charge in [0.05, 0.1) is 6.61 Å². The predicted octanol–water partition coefficient (Wildman–Crippen LogP) is -0.0853. The van der Waals surface area contributed by atoms with Crippen LogP contribution in [-0.4, -0.2) is 38.8 Å². The van der Waals surface area contributed by atoms with Crippen molar-refractivity contribution in [1.82, 2.24) is 10.6 Å². The third-order valence-electron chi connectivity index (χ3n) is 3.08. The highest BCUT2D eigenvalue weighted by molar-refractivity contribution is 5.83. The minimum absolute atomic E-state index is 0.189. The zero-order valence-corrected chi connectivity index (χ0v) is 9.08. The Labute approximate surface area is 90.1 Å². The Bertz CT molecular complexity index is 252. The fraction of sp³-hybridized carbons (Fsp3) is 0.727. The van der Waals surface area contributed by atoms with Crippen molar-refractivity contribution in [3.05, 3.63) is 11.6 Å². The van der Waals surface area contributed by atoms with Crippen molar-refractivity contribution in [2.45, 2.75) is 6.92 Å². The van der Waals surface area contributed by atoms with Crippen molar-refractivity contribution in [3.63, 3.8) is 0 Å². The van der Waals surface area contributed by atoms with Crippen molar-refractivity contribution in [1.29, 1.82) is 0 Å². The molecule has 2 aliphatic heterocycles. The largest absolute Gasteiger partial charge is 0.463 e. The number of esters is 1. The van der Waals surface area contributed by atoms with E-state index in [0.717, 1.165) is 26.2 Å². The maximum Gasteiger partial charge on any atom is 0.330 e. The molecule has 2 bridgehead atoms. The molecule has 4 heteroatoms. The maximum absolute atomic E-state index is 11.4. The Morgan fingerprint density at radius 2 is 1.87 bits per heavy atom. The summed E-state index contributed by atoms with van der Waals surface area (Å²) in [5.74, 6) is 0.732. The number of carbonyl (C=O) groups is 1. The van der Waals surface area contributed by atoms with E-state index < -0.39 is 0 Å². The van der Waals surface area contributed by atoms with E-state index in [-0.39, 0.29) is 5.97 Å². The molecule has 2 aliphatic rings. The molecule has 0 aromatic carbocycles. The van der Waals surface area contributed by atoms with Gasteiger partial charge in [-0.15, -0.1) is 0 Å². The summed E-state index contributed by atoms with van der Waals surface area (Å²) in [5.41, 5.74) is 1.27. The van der Waals surface area contributed by atoms with Gasteiger partial charge >= 0.3 is 5.97 Å². The lowest BCUT2D eigenvalue weighted by molar-refractivity contribution is -0.137. The van der Waals surface area contributed by atoms with Crippen molar-refractivity contribution in [2.75, 3.05) is 32.8 Å². The van der Waals surface area contributed by atoms with Crippen LogP contribution in [0, 0.1) is 11.8 Å². The monoisotopic (exact) mass is 210 g/mol. The van der Waals surface area contributed by atoms with Gasteiger partial charge in [-0.3, -0.25) is 0 Å². The van der Waals surface area contributed by atoms with Crippen LogP contribution in [0.4, 0.5) is 0 Å². The molecule has 0 spiro atoms. The van der Waals surface area contributed by atoms with Crippen LogP contribution in [0.5, 0.6) is 0 Å². The first-order valence-corrected chi connectivity index (χ1v) is 5.61. The van der Waals surface area contributed by atoms with Crippen LogP contribution >= 0.6 is 0 Å². The lowest BCUT2D eigenvalue weighted by Crippen LogP contribution is -2.51. The third kappa shape index (κ3) is 2.38. The highest BCUT2D eigenvalue weighted by atomic mass is 16.5. The van der Waals surface area contributed by atoms with Gasteiger partial charge in [-0.1, -0.05) is 5.57 Å². The second-order valence-corrected chi connectivity index (χ2v) is 4.11. The molecular weight excluding hydrogens is 192 g/mol. The number of hydrogen-bond donors (Lipinski definition) is 2. The molecule has 2 N–H and O–H groups in total. The minimum Gasteiger partial charge on any atom is -0.463 e. The normalized spacial score (nSPS) is 29.8. The standard InChI is InChI=1S/C11H18N2O2/c1-2-15-11(14)3-10-8-4-12-6-9(10)7-13-5-8/h3,8-9,12-13H,2,4-7H2,1H3. The molecule has 2 saturated heterocycles. The molecule has 2 fully saturated rings. The first-order valence-electron chi connectivity index (χ1n) is 5.61. The Morgan fingerprint density at radius 1 is 1.33 bits per heavy atom. The number of hydrogen-bond acceptors (Lipinski definition) is 4. The fourth-order valence-electron chi connectivity index (χ4n) is 2.37. The molecule has 2 rings (SSSR count). The predicted molar refractivity (Wildman–Crippen MR) is 57.4 cm³/mol. The molecule has 0 aromatic heterocycles. The number of ether oxygens (including phenoxy) is 1. The van der Waals surface area contributed by atoms with Crippen LogP contribution in [0.3, 0.4) is 0 Å². The smallest absolute Gasteiger partial charge is 0.330 e. The van der Waals surface area contributed by atoms with Crippen LogP contribution in [0.15, 0.2) is 11.6 Å². The Kier molecular flexibility index (Phi) is 3.38. The SMILES string of the molecule is CCOC(=O)C=C1C2CNCC1CNC2. The molecule has 15 heavy (non-hydrogen) atoms. The Hall–Kier alpha value is -0.870. The second kappa shape index (κ2) is 4.77. The lowest BCUT2D eigenvalue weighted by atomic mass is 9.81. The first-order chi connectivity index (χ1) is 7.31. The van der Waals surface area contributed by atoms with E-state index in [4.69, 9.17) is 4.74 Å². The van der Waals surface area contributed by atoms with E-state index in [2.05, 4.69) is 10.6 Å². The summed E-state index contributed by atoms with van der Waals surface area (Å²) in [7, 11) is 0. The molecular formula is C11H18N2O2. The summed E-state index contributed by atoms with van der Waals surface area (Å²) in [6.45, 7) is 6.16. The lowest BCUT2D eigenvalue weighted by Gasteiger charge is -2.38. The molecule has 2 heterocycles. The molecule has 0 saturated carbocycles. The van der Waals surface area contributed by atoms with Crippen molar-refractivity contribution in [2.24, 2.45) is 11.8 Å². The summed E-state index contributed by atoms with van der Waals surface area (Å²) in [6.07, 6.45) is 1.71. The van der Waals surface area contributed by atoms with E-state index in [1.165, 1.54) is 5.57 Å². The number of rotatable bonds is 2. The van der Waals surface area contributed by atoms with Crippen molar-refractivity contribution in [3.8, 4) is 0 Å². The topological polar surface area (TPSA) is 50.4 Å². The van der Waals surface area contributed by atoms with Gasteiger partial charge in [-0.2, -0.15) is 0 Å². The van der Waals surface area contributed by atoms with Crippen LogP contribution in [0.1, 0.15) is 6.92 Å². The molecule has 0 atom stereocenters. The molecule has 0 radical (unpaired) electrons. The van der Waals surface area contributed by atoms with Gasteiger partial charge in [0.25, 0.3) is 0 Å². The molecule has 0 unspecified atom stereocenters. The Morgan fingerprint density at radius 3 is 2.33 bits per heavy atom. The number of piperidine rings is 2. The van der Waals surface area contributed by atoms with Crippen LogP contribution in [0.2, 0.25) is 0 Å². The molecule has 0 amide bonds. The van der Waals surface area contributed by atoms with Gasteiger partial charge < -0.3 is 15.4 Å². The number of nitrogens with one attached hydrogen (secondary N) is 2. The van der Waals surface area contributed by atoms with E-state index in [1.54, 1.807) is 6.08 Å². The van der Waals surface area contributed by atoms with E-state index >= 15 is 0 Å². The fourth-order valence-corrected chi connectivity index (χ4v) is 2.37. The molecule has 0 aromatic rings. The molecule has 0 aliphatic carbocycles. The first kappa shape index (κ1) is 10.6. The van der Waals surface area contributed by atoms with Gasteiger partial charge in [0.1, 0.15) is 0 Å². The van der Waals surface area contributed by atoms with E-state index in [1.807, 2.05) is 6.92 Å². The van der Waals surface area contributed by atoms with Crippen molar-refractivity contribution >= 4 is 5.97 Å². The third-order valence-corrected chi connectivity index (χ3v) is 3.08. The number of fused-ring (bicyclic) bond motifs is 2. The van der Waals surface area contributed by atoms with E-state index in [0.29, 0.717) is 18.4 Å². The summed E-state index contributed by atoms with van der Waals surface area (Å²) < 4.78 is 4.95. The minimum atomic E-state index is -0.189. The zero-order valence-electron chi connectivity index (χ0n) is 9.08. The quantitative estimate of drug-likeness (QED) is 0.494. The molecule has 4 nitrogen and oxygen atoms in total. The van der Waals surface area contributed by atoms with Gasteiger partial charge in [-0.05, 0) is 6.92 Å². The second-order valence-electron chi connectivity index (χ2n) is 4.11. The van der Waals surface area contributed by atoms with Crippen LogP contribution < -0.4 is 10.6 Å². The van der Waals surface area contributed by atoms with E-state index in [9.17, 15) is 4.79 Å². The molecule has 84 valence electrons. The summed E-state index contributed by atoms with van der Waals surface area (Å²) in [4.78, 5) is 11.4. The van der Waals surface area contributed by atoms with Gasteiger partial charge in [0.2, 0.25) is 0 Å². The van der Waals surface area contributed by atoms with Gasteiger partial charge in [0, 0.05) is 44.1 Å². The van der Waals surface area contributed by atoms with Crippen molar-refractivity contribution < 1.29 is 9.53 Å².